The summed E-state index contributed by atoms with van der Waals surface area (Å²) in [5, 5.41) is 58.3. The molecule has 7 N–H and O–H groups in total. The van der Waals surface area contributed by atoms with Crippen molar-refractivity contribution in [3.63, 3.8) is 0 Å². The summed E-state index contributed by atoms with van der Waals surface area (Å²) >= 11 is 0. The van der Waals surface area contributed by atoms with Crippen LogP contribution in [-0.4, -0.2) is 53.7 Å². The van der Waals surface area contributed by atoms with Gasteiger partial charge in [0.2, 0.25) is 0 Å². The molecule has 0 spiro atoms. The Balaban J connectivity index is -0.000000333. The van der Waals surface area contributed by atoms with Crippen molar-refractivity contribution in [1.29, 1.82) is 0 Å². The second kappa shape index (κ2) is 16.2. The van der Waals surface area contributed by atoms with Gasteiger partial charge >= 0.3 is 0 Å². The molecule has 0 saturated carbocycles. The smallest absolute Gasteiger partial charge is 0.300 e. The van der Waals surface area contributed by atoms with Crippen molar-refractivity contribution in [2.45, 2.75) is 40.6 Å². The number of hydrogen-bond acceptors (Lipinski definition) is 7. The largest absolute Gasteiger partial charge is 0.508 e. The zero-order valence-electron chi connectivity index (χ0n) is 14.1. The van der Waals surface area contributed by atoms with E-state index in [1.807, 2.05) is 0 Å². The van der Waals surface area contributed by atoms with E-state index in [1.54, 1.807) is 0 Å². The lowest BCUT2D eigenvalue weighted by molar-refractivity contribution is -0.135. The van der Waals surface area contributed by atoms with Gasteiger partial charge in [-0.05, 0) is 17.2 Å². The van der Waals surface area contributed by atoms with Gasteiger partial charge in [-0.15, -0.1) is 0 Å². The molecule has 0 aliphatic heterocycles. The van der Waals surface area contributed by atoms with Crippen molar-refractivity contribution in [1.82, 2.24) is 0 Å². The zero-order valence-corrected chi connectivity index (χ0v) is 14.1. The Labute approximate surface area is 144 Å². The molecule has 1 rings (SSSR count). The molecule has 0 aromatic heterocycles. The van der Waals surface area contributed by atoms with Crippen LogP contribution < -0.4 is 0 Å². The molecule has 0 radical (unpaired) electrons. The van der Waals surface area contributed by atoms with Gasteiger partial charge in [0.15, 0.2) is 0 Å². The van der Waals surface area contributed by atoms with Crippen molar-refractivity contribution < 1.29 is 50.1 Å². The van der Waals surface area contributed by atoms with Crippen LogP contribution >= 0.6 is 0 Å². The molecule has 25 heavy (non-hydrogen) atoms. The maximum Gasteiger partial charge on any atom is 0.300 e. The number of aliphatic hydroxyl groups excluding tert-OH is 3. The number of carboxylic acids is 3. The summed E-state index contributed by atoms with van der Waals surface area (Å²) in [6, 6.07) is 2.90. The minimum absolute atomic E-state index is 0.0660. The summed E-state index contributed by atoms with van der Waals surface area (Å²) in [7, 11) is 0. The molecular weight excluding hydrogens is 340 g/mol. The summed E-state index contributed by atoms with van der Waals surface area (Å²) in [4.78, 5) is 27.0. The molecule has 0 atom stereocenters. The molecule has 10 nitrogen and oxygen atoms in total. The molecule has 0 unspecified atom stereocenters. The average molecular weight is 364 g/mol. The van der Waals surface area contributed by atoms with Crippen molar-refractivity contribution in [3.8, 4) is 5.75 Å². The number of aromatic hydroxyl groups is 1. The first-order valence-corrected chi connectivity index (χ1v) is 6.68. The van der Waals surface area contributed by atoms with E-state index in [2.05, 4.69) is 0 Å². The molecule has 0 amide bonds. The summed E-state index contributed by atoms with van der Waals surface area (Å²) in [6.07, 6.45) is 0. The normalized spacial score (nSPS) is 8.40. The number of aliphatic hydroxyl groups is 3. The van der Waals surface area contributed by atoms with Gasteiger partial charge in [-0.25, -0.2) is 0 Å². The molecule has 0 aliphatic carbocycles. The highest BCUT2D eigenvalue weighted by Gasteiger charge is 2.10. The van der Waals surface area contributed by atoms with Crippen LogP contribution in [0.2, 0.25) is 0 Å². The maximum atomic E-state index is 9.29. The van der Waals surface area contributed by atoms with Crippen LogP contribution in [0.4, 0.5) is 0 Å². The number of benzene rings is 1. The topological polar surface area (TPSA) is 193 Å². The van der Waals surface area contributed by atoms with Crippen molar-refractivity contribution in [2.75, 3.05) is 0 Å². The lowest BCUT2D eigenvalue weighted by Crippen LogP contribution is -2.00. The molecule has 144 valence electrons. The van der Waals surface area contributed by atoms with Crippen LogP contribution in [0.3, 0.4) is 0 Å². The van der Waals surface area contributed by atoms with Gasteiger partial charge in [0.25, 0.3) is 17.9 Å². The minimum atomic E-state index is -0.833. The Bertz CT molecular complexity index is 499. The molecule has 0 aliphatic rings. The quantitative estimate of drug-likeness (QED) is 0.388. The number of rotatable bonds is 3. The van der Waals surface area contributed by atoms with Crippen molar-refractivity contribution >= 4 is 17.9 Å². The Morgan fingerprint density at radius 3 is 1.28 bits per heavy atom. The Morgan fingerprint density at radius 1 is 0.720 bits per heavy atom. The summed E-state index contributed by atoms with van der Waals surface area (Å²) in [5.41, 5.74) is 1.18. The van der Waals surface area contributed by atoms with E-state index in [0.717, 1.165) is 20.8 Å². The highest BCUT2D eigenvalue weighted by molar-refractivity contribution is 5.63. The third kappa shape index (κ3) is 19.3. The van der Waals surface area contributed by atoms with Gasteiger partial charge in [0.05, 0.1) is 19.8 Å². The third-order valence-corrected chi connectivity index (χ3v) is 1.99. The van der Waals surface area contributed by atoms with E-state index < -0.39 is 17.9 Å². The number of phenols is 1. The number of carboxylic acid groups (broad SMARTS) is 3. The Kier molecular flexibility index (Phi) is 17.6. The number of carbonyl (C=O) groups is 3. The van der Waals surface area contributed by atoms with Crippen LogP contribution in [-0.2, 0) is 34.2 Å². The van der Waals surface area contributed by atoms with Gasteiger partial charge in [-0.1, -0.05) is 6.07 Å². The first-order valence-electron chi connectivity index (χ1n) is 6.68. The first kappa shape index (κ1) is 27.2. The zero-order chi connectivity index (χ0) is 20.6. The van der Waals surface area contributed by atoms with Gasteiger partial charge in [-0.3, -0.25) is 14.4 Å². The molecule has 1 aromatic rings. The second-order valence-electron chi connectivity index (χ2n) is 4.23. The predicted molar refractivity (Wildman–Crippen MR) is 85.8 cm³/mol. The molecular formula is C15H24O10. The van der Waals surface area contributed by atoms with E-state index >= 15 is 0 Å². The summed E-state index contributed by atoms with van der Waals surface area (Å²) in [5.74, 6) is -2.57. The minimum Gasteiger partial charge on any atom is -0.508 e. The molecule has 1 aromatic carbocycles. The summed E-state index contributed by atoms with van der Waals surface area (Å²) in [6.45, 7) is 2.37. The lowest BCUT2D eigenvalue weighted by atomic mass is 10.0. The highest BCUT2D eigenvalue weighted by Crippen LogP contribution is 2.24. The van der Waals surface area contributed by atoms with Crippen LogP contribution in [0.5, 0.6) is 5.75 Å². The van der Waals surface area contributed by atoms with Gasteiger partial charge in [0.1, 0.15) is 5.75 Å². The molecule has 10 heteroatoms. The second-order valence-corrected chi connectivity index (χ2v) is 4.23. The van der Waals surface area contributed by atoms with Crippen molar-refractivity contribution in [2.24, 2.45) is 0 Å². The number of aliphatic carboxylic acids is 3. The third-order valence-electron chi connectivity index (χ3n) is 1.99. The fourth-order valence-corrected chi connectivity index (χ4v) is 1.25. The van der Waals surface area contributed by atoms with E-state index in [0.29, 0.717) is 11.1 Å². The van der Waals surface area contributed by atoms with Gasteiger partial charge < -0.3 is 35.7 Å². The molecule has 0 saturated heterocycles. The fraction of sp³-hybridized carbons (Fsp3) is 0.400. The Morgan fingerprint density at radius 2 is 1.04 bits per heavy atom. The van der Waals surface area contributed by atoms with Crippen LogP contribution in [0.15, 0.2) is 12.1 Å². The van der Waals surface area contributed by atoms with Gasteiger partial charge in [-0.2, -0.15) is 0 Å². The highest BCUT2D eigenvalue weighted by atomic mass is 16.4. The SMILES string of the molecule is CC(=O)O.CC(=O)O.CC(=O)O.OCc1ccc(O)c(CO)c1CO. The monoisotopic (exact) mass is 364 g/mol. The maximum absolute atomic E-state index is 9.29. The van der Waals surface area contributed by atoms with E-state index in [-0.39, 0.29) is 31.1 Å². The summed E-state index contributed by atoms with van der Waals surface area (Å²) < 4.78 is 0. The average Bonchev–Trinajstić information content (AvgIpc) is 2.44. The fourth-order valence-electron chi connectivity index (χ4n) is 1.25. The molecule has 0 fully saturated rings. The predicted octanol–water partition coefficient (Wildman–Crippen LogP) is 0.142. The van der Waals surface area contributed by atoms with E-state index in [4.69, 9.17) is 45.0 Å². The van der Waals surface area contributed by atoms with E-state index in [9.17, 15) is 5.11 Å². The Hall–Kier alpha value is -2.69. The van der Waals surface area contributed by atoms with Gasteiger partial charge in [0, 0.05) is 26.3 Å². The van der Waals surface area contributed by atoms with E-state index in [1.165, 1.54) is 12.1 Å². The van der Waals surface area contributed by atoms with Crippen LogP contribution in [0, 0.1) is 0 Å². The number of hydrogen-bond donors (Lipinski definition) is 7. The molecule has 0 heterocycles. The molecule has 0 bridgehead atoms. The standard InChI is InChI=1S/C9H12O4.3C2H4O2/c10-3-6-1-2-9(13)8(5-12)7(6)4-11;3*1-2(3)4/h1-2,10-13H,3-5H2;3*1H3,(H,3,4). The first-order chi connectivity index (χ1) is 11.4. The lowest BCUT2D eigenvalue weighted by Gasteiger charge is -2.11. The van der Waals surface area contributed by atoms with Crippen LogP contribution in [0.1, 0.15) is 37.5 Å². The van der Waals surface area contributed by atoms with Crippen LogP contribution in [0.25, 0.3) is 0 Å². The van der Waals surface area contributed by atoms with Crippen molar-refractivity contribution in [3.05, 3.63) is 28.8 Å².